The SMILES string of the molecule is CCCNC(CC)C1C2C3CCC(C3)C21. The highest BCUT2D eigenvalue weighted by molar-refractivity contribution is 5.15. The fourth-order valence-electron chi connectivity index (χ4n) is 4.81. The van der Waals surface area contributed by atoms with Crippen LogP contribution >= 0.6 is 0 Å². The summed E-state index contributed by atoms with van der Waals surface area (Å²) in [5.41, 5.74) is 0. The molecule has 3 fully saturated rings. The van der Waals surface area contributed by atoms with Crippen molar-refractivity contribution in [1.29, 1.82) is 0 Å². The normalized spacial score (nSPS) is 48.0. The second-order valence-corrected chi connectivity index (χ2v) is 6.03. The zero-order valence-electron chi connectivity index (χ0n) is 10.2. The Morgan fingerprint density at radius 1 is 1.13 bits per heavy atom. The molecule has 1 N–H and O–H groups in total. The zero-order valence-corrected chi connectivity index (χ0v) is 10.2. The predicted molar refractivity (Wildman–Crippen MR) is 63.7 cm³/mol. The number of hydrogen-bond acceptors (Lipinski definition) is 1. The van der Waals surface area contributed by atoms with Gasteiger partial charge < -0.3 is 5.32 Å². The summed E-state index contributed by atoms with van der Waals surface area (Å²) in [6, 6.07) is 0.850. The van der Waals surface area contributed by atoms with Crippen molar-refractivity contribution in [3.8, 4) is 0 Å². The third-order valence-corrected chi connectivity index (χ3v) is 5.36. The molecule has 3 rings (SSSR count). The van der Waals surface area contributed by atoms with Crippen molar-refractivity contribution in [2.45, 2.75) is 52.0 Å². The molecular weight excluding hydrogens is 182 g/mol. The van der Waals surface area contributed by atoms with Gasteiger partial charge in [-0.15, -0.1) is 0 Å². The molecule has 0 aromatic heterocycles. The van der Waals surface area contributed by atoms with Gasteiger partial charge in [0.15, 0.2) is 0 Å². The lowest BCUT2D eigenvalue weighted by Crippen LogP contribution is -2.33. The lowest BCUT2D eigenvalue weighted by atomic mass is 9.96. The van der Waals surface area contributed by atoms with Crippen molar-refractivity contribution in [2.75, 3.05) is 6.54 Å². The maximum atomic E-state index is 3.78. The Morgan fingerprint density at radius 3 is 2.33 bits per heavy atom. The minimum absolute atomic E-state index is 0.850. The first-order valence-corrected chi connectivity index (χ1v) is 7.10. The predicted octanol–water partition coefficient (Wildman–Crippen LogP) is 3.06. The van der Waals surface area contributed by atoms with Gasteiger partial charge in [-0.3, -0.25) is 0 Å². The second-order valence-electron chi connectivity index (χ2n) is 6.03. The van der Waals surface area contributed by atoms with Crippen LogP contribution in [0, 0.1) is 29.6 Å². The molecule has 3 aliphatic carbocycles. The van der Waals surface area contributed by atoms with Gasteiger partial charge in [0.25, 0.3) is 0 Å². The second kappa shape index (κ2) is 3.76. The van der Waals surface area contributed by atoms with E-state index >= 15 is 0 Å². The molecule has 2 bridgehead atoms. The van der Waals surface area contributed by atoms with Crippen molar-refractivity contribution >= 4 is 0 Å². The summed E-state index contributed by atoms with van der Waals surface area (Å²) in [6.07, 6.45) is 7.34. The van der Waals surface area contributed by atoms with Crippen LogP contribution in [-0.4, -0.2) is 12.6 Å². The van der Waals surface area contributed by atoms with E-state index < -0.39 is 0 Å². The van der Waals surface area contributed by atoms with Crippen LogP contribution in [0.3, 0.4) is 0 Å². The van der Waals surface area contributed by atoms with Gasteiger partial charge in [0, 0.05) is 6.04 Å². The van der Waals surface area contributed by atoms with Crippen LogP contribution < -0.4 is 5.32 Å². The Labute approximate surface area is 94.0 Å². The summed E-state index contributed by atoms with van der Waals surface area (Å²) in [5, 5.41) is 3.78. The third-order valence-electron chi connectivity index (χ3n) is 5.36. The smallest absolute Gasteiger partial charge is 0.00984 e. The largest absolute Gasteiger partial charge is 0.314 e. The summed E-state index contributed by atoms with van der Waals surface area (Å²) in [7, 11) is 0. The fourth-order valence-corrected chi connectivity index (χ4v) is 4.81. The molecule has 0 amide bonds. The fraction of sp³-hybridized carbons (Fsp3) is 1.00. The summed E-state index contributed by atoms with van der Waals surface area (Å²) >= 11 is 0. The van der Waals surface area contributed by atoms with E-state index in [-0.39, 0.29) is 0 Å². The standard InChI is InChI=1S/C14H25N/c1-3-7-15-11(4-2)14-12-9-5-6-10(8-9)13(12)14/h9-15H,3-8H2,1-2H3. The summed E-state index contributed by atoms with van der Waals surface area (Å²) in [6.45, 7) is 5.87. The van der Waals surface area contributed by atoms with Crippen molar-refractivity contribution in [3.05, 3.63) is 0 Å². The molecule has 0 aliphatic heterocycles. The Morgan fingerprint density at radius 2 is 1.80 bits per heavy atom. The number of nitrogens with one attached hydrogen (secondary N) is 1. The van der Waals surface area contributed by atoms with Crippen LogP contribution in [0.4, 0.5) is 0 Å². The molecule has 86 valence electrons. The molecule has 0 spiro atoms. The lowest BCUT2D eigenvalue weighted by molar-refractivity contribution is 0.356. The Hall–Kier alpha value is -0.0400. The van der Waals surface area contributed by atoms with Crippen LogP contribution in [0.25, 0.3) is 0 Å². The van der Waals surface area contributed by atoms with Gasteiger partial charge in [-0.05, 0) is 68.2 Å². The van der Waals surface area contributed by atoms with E-state index in [0.717, 1.165) is 35.6 Å². The maximum absolute atomic E-state index is 3.78. The molecule has 0 aromatic carbocycles. The minimum atomic E-state index is 0.850. The molecular formula is C14H25N. The molecule has 1 heteroatoms. The first-order chi connectivity index (χ1) is 7.36. The summed E-state index contributed by atoms with van der Waals surface area (Å²) in [4.78, 5) is 0. The average Bonchev–Trinajstić information content (AvgIpc) is 2.70. The zero-order chi connectivity index (χ0) is 10.4. The molecule has 1 nitrogen and oxygen atoms in total. The average molecular weight is 207 g/mol. The molecule has 5 unspecified atom stereocenters. The quantitative estimate of drug-likeness (QED) is 0.730. The van der Waals surface area contributed by atoms with Crippen LogP contribution in [0.1, 0.15) is 46.0 Å². The van der Waals surface area contributed by atoms with Gasteiger partial charge >= 0.3 is 0 Å². The minimum Gasteiger partial charge on any atom is -0.314 e. The van der Waals surface area contributed by atoms with E-state index in [1.54, 1.807) is 19.3 Å². The van der Waals surface area contributed by atoms with E-state index in [0.29, 0.717) is 0 Å². The molecule has 3 aliphatic rings. The van der Waals surface area contributed by atoms with Gasteiger partial charge in [0.2, 0.25) is 0 Å². The molecule has 5 atom stereocenters. The number of rotatable bonds is 5. The van der Waals surface area contributed by atoms with E-state index in [9.17, 15) is 0 Å². The van der Waals surface area contributed by atoms with Crippen molar-refractivity contribution in [3.63, 3.8) is 0 Å². The van der Waals surface area contributed by atoms with Crippen LogP contribution in [0.15, 0.2) is 0 Å². The highest BCUT2D eigenvalue weighted by Gasteiger charge is 2.66. The molecule has 0 saturated heterocycles. The van der Waals surface area contributed by atoms with Gasteiger partial charge in [-0.25, -0.2) is 0 Å². The Kier molecular flexibility index (Phi) is 2.54. The molecule has 0 aromatic rings. The van der Waals surface area contributed by atoms with Crippen molar-refractivity contribution in [2.24, 2.45) is 29.6 Å². The van der Waals surface area contributed by atoms with E-state index in [1.165, 1.54) is 19.4 Å². The van der Waals surface area contributed by atoms with Gasteiger partial charge in [0.1, 0.15) is 0 Å². The van der Waals surface area contributed by atoms with Crippen LogP contribution in [-0.2, 0) is 0 Å². The Balaban J connectivity index is 1.60. The monoisotopic (exact) mass is 207 g/mol. The van der Waals surface area contributed by atoms with Gasteiger partial charge in [0.05, 0.1) is 0 Å². The number of hydrogen-bond donors (Lipinski definition) is 1. The highest BCUT2D eigenvalue weighted by atomic mass is 14.9. The van der Waals surface area contributed by atoms with E-state index in [4.69, 9.17) is 0 Å². The Bertz CT molecular complexity index is 221. The van der Waals surface area contributed by atoms with Gasteiger partial charge in [-0.1, -0.05) is 13.8 Å². The first kappa shape index (κ1) is 10.1. The van der Waals surface area contributed by atoms with Crippen molar-refractivity contribution < 1.29 is 0 Å². The van der Waals surface area contributed by atoms with Crippen LogP contribution in [0.2, 0.25) is 0 Å². The van der Waals surface area contributed by atoms with E-state index in [1.807, 2.05) is 0 Å². The van der Waals surface area contributed by atoms with Crippen molar-refractivity contribution in [1.82, 2.24) is 5.32 Å². The van der Waals surface area contributed by atoms with Crippen LogP contribution in [0.5, 0.6) is 0 Å². The molecule has 0 radical (unpaired) electrons. The lowest BCUT2D eigenvalue weighted by Gasteiger charge is -2.20. The number of fused-ring (bicyclic) bond motifs is 5. The molecule has 15 heavy (non-hydrogen) atoms. The maximum Gasteiger partial charge on any atom is 0.00984 e. The van der Waals surface area contributed by atoms with E-state index in [2.05, 4.69) is 19.2 Å². The highest BCUT2D eigenvalue weighted by Crippen LogP contribution is 2.70. The first-order valence-electron chi connectivity index (χ1n) is 7.10. The third kappa shape index (κ3) is 1.46. The topological polar surface area (TPSA) is 12.0 Å². The summed E-state index contributed by atoms with van der Waals surface area (Å²) < 4.78 is 0. The molecule has 3 saturated carbocycles. The summed E-state index contributed by atoms with van der Waals surface area (Å²) in [5.74, 6) is 5.66. The molecule has 0 heterocycles. The van der Waals surface area contributed by atoms with Gasteiger partial charge in [-0.2, -0.15) is 0 Å².